The van der Waals surface area contributed by atoms with E-state index in [0.717, 1.165) is 6.42 Å². The van der Waals surface area contributed by atoms with Crippen LogP contribution in [-0.2, 0) is 14.9 Å². The van der Waals surface area contributed by atoms with Crippen molar-refractivity contribution >= 4 is 15.9 Å². The Labute approximate surface area is 96.2 Å². The molecule has 0 radical (unpaired) electrons. The van der Waals surface area contributed by atoms with Gasteiger partial charge in [-0.15, -0.1) is 0 Å². The van der Waals surface area contributed by atoms with Crippen LogP contribution in [0.25, 0.3) is 0 Å². The summed E-state index contributed by atoms with van der Waals surface area (Å²) in [6, 6.07) is 0. The molecule has 92 valence electrons. The number of ketones is 1. The summed E-state index contributed by atoms with van der Waals surface area (Å²) < 4.78 is 31.2. The first-order valence-electron chi connectivity index (χ1n) is 5.75. The van der Waals surface area contributed by atoms with Crippen LogP contribution in [0.5, 0.6) is 0 Å². The molecular weight excluding hydrogens is 228 g/mol. The summed E-state index contributed by atoms with van der Waals surface area (Å²) in [6.07, 6.45) is 2.04. The second-order valence-corrected chi connectivity index (χ2v) is 7.03. The lowest BCUT2D eigenvalue weighted by Gasteiger charge is -2.31. The van der Waals surface area contributed by atoms with Crippen LogP contribution >= 0.6 is 0 Å². The Morgan fingerprint density at radius 3 is 2.56 bits per heavy atom. The van der Waals surface area contributed by atoms with Crippen LogP contribution in [0, 0.1) is 23.2 Å². The lowest BCUT2D eigenvalue weighted by molar-refractivity contribution is -0.127. The van der Waals surface area contributed by atoms with Gasteiger partial charge in [-0.25, -0.2) is 0 Å². The highest BCUT2D eigenvalue weighted by atomic mass is 32.2. The van der Waals surface area contributed by atoms with Gasteiger partial charge in [-0.3, -0.25) is 9.35 Å². The zero-order chi connectivity index (χ0) is 12.1. The molecule has 0 aliphatic heterocycles. The molecule has 0 aromatic carbocycles. The van der Waals surface area contributed by atoms with E-state index in [1.807, 2.05) is 13.8 Å². The van der Waals surface area contributed by atoms with Gasteiger partial charge < -0.3 is 0 Å². The maximum absolute atomic E-state index is 12.0. The quantitative estimate of drug-likeness (QED) is 0.766. The average Bonchev–Trinajstić information content (AvgIpc) is 2.52. The zero-order valence-corrected chi connectivity index (χ0v) is 10.5. The summed E-state index contributed by atoms with van der Waals surface area (Å²) in [5.74, 6) is 0.412. The van der Waals surface area contributed by atoms with Gasteiger partial charge in [0.2, 0.25) is 0 Å². The molecule has 5 heteroatoms. The van der Waals surface area contributed by atoms with E-state index < -0.39 is 15.5 Å². The molecule has 2 saturated carbocycles. The standard InChI is InChI=1S/C11H18O4S/c1-7(2)10-8-3-4-11(10,9(12)5-8)6-16(13,14)15/h7-8,10H,3-6H2,1-2H3,(H,13,14,15). The Morgan fingerprint density at radius 2 is 2.12 bits per heavy atom. The van der Waals surface area contributed by atoms with Gasteiger partial charge in [-0.05, 0) is 30.6 Å². The molecule has 2 bridgehead atoms. The zero-order valence-electron chi connectivity index (χ0n) is 9.64. The molecule has 2 aliphatic rings. The molecule has 0 saturated heterocycles. The molecule has 3 atom stereocenters. The van der Waals surface area contributed by atoms with Gasteiger partial charge in [0.15, 0.2) is 0 Å². The van der Waals surface area contributed by atoms with Crippen LogP contribution in [0.4, 0.5) is 0 Å². The number of hydrogen-bond donors (Lipinski definition) is 1. The number of carbonyl (C=O) groups is 1. The summed E-state index contributed by atoms with van der Waals surface area (Å²) in [5.41, 5.74) is -0.785. The number of hydrogen-bond acceptors (Lipinski definition) is 3. The van der Waals surface area contributed by atoms with E-state index in [2.05, 4.69) is 0 Å². The highest BCUT2D eigenvalue weighted by Gasteiger charge is 2.61. The van der Waals surface area contributed by atoms with Gasteiger partial charge in [0.05, 0.1) is 5.75 Å². The van der Waals surface area contributed by atoms with Crippen molar-refractivity contribution in [2.24, 2.45) is 23.2 Å². The maximum Gasteiger partial charge on any atom is 0.265 e. The summed E-state index contributed by atoms with van der Waals surface area (Å²) in [4.78, 5) is 12.0. The Hall–Kier alpha value is -0.420. The van der Waals surface area contributed by atoms with Crippen LogP contribution in [0.15, 0.2) is 0 Å². The topological polar surface area (TPSA) is 71.4 Å². The number of carbonyl (C=O) groups excluding carboxylic acids is 1. The van der Waals surface area contributed by atoms with Crippen LogP contribution in [0.2, 0.25) is 0 Å². The SMILES string of the molecule is CC(C)C1C2CCC1(CS(=O)(=O)O)C(=O)C2. The van der Waals surface area contributed by atoms with Gasteiger partial charge in [-0.1, -0.05) is 13.8 Å². The fourth-order valence-electron chi connectivity index (χ4n) is 3.99. The Bertz CT molecular complexity index is 412. The lowest BCUT2D eigenvalue weighted by Crippen LogP contribution is -2.39. The van der Waals surface area contributed by atoms with Crippen molar-refractivity contribution in [1.29, 1.82) is 0 Å². The first-order valence-corrected chi connectivity index (χ1v) is 7.36. The molecule has 2 aliphatic carbocycles. The predicted octanol–water partition coefficient (Wildman–Crippen LogP) is 1.52. The van der Waals surface area contributed by atoms with Gasteiger partial charge in [0.25, 0.3) is 10.1 Å². The van der Waals surface area contributed by atoms with Crippen molar-refractivity contribution in [3.8, 4) is 0 Å². The van der Waals surface area contributed by atoms with Crippen LogP contribution < -0.4 is 0 Å². The molecule has 3 unspecified atom stereocenters. The van der Waals surface area contributed by atoms with Gasteiger partial charge in [-0.2, -0.15) is 8.42 Å². The third-order valence-corrected chi connectivity index (χ3v) is 5.15. The van der Waals surface area contributed by atoms with Gasteiger partial charge >= 0.3 is 0 Å². The minimum absolute atomic E-state index is 0.0417. The number of fused-ring (bicyclic) bond motifs is 2. The normalized spacial score (nSPS) is 38.6. The number of rotatable bonds is 3. The molecular formula is C11H18O4S. The predicted molar refractivity (Wildman–Crippen MR) is 59.5 cm³/mol. The fourth-order valence-corrected chi connectivity index (χ4v) is 5.14. The highest BCUT2D eigenvalue weighted by molar-refractivity contribution is 7.85. The first-order chi connectivity index (χ1) is 7.26. The van der Waals surface area contributed by atoms with Crippen molar-refractivity contribution in [2.45, 2.75) is 33.1 Å². The molecule has 0 amide bonds. The summed E-state index contributed by atoms with van der Waals surface area (Å²) in [5, 5.41) is 0. The largest absolute Gasteiger partial charge is 0.299 e. The van der Waals surface area contributed by atoms with Crippen LogP contribution in [0.3, 0.4) is 0 Å². The minimum atomic E-state index is -4.07. The second kappa shape index (κ2) is 3.53. The molecule has 2 fully saturated rings. The Morgan fingerprint density at radius 1 is 1.50 bits per heavy atom. The lowest BCUT2D eigenvalue weighted by atomic mass is 9.75. The molecule has 0 spiro atoms. The molecule has 2 rings (SSSR count). The van der Waals surface area contributed by atoms with E-state index in [1.165, 1.54) is 0 Å². The summed E-state index contributed by atoms with van der Waals surface area (Å²) in [7, 11) is -4.07. The van der Waals surface area contributed by atoms with Crippen molar-refractivity contribution in [1.82, 2.24) is 0 Å². The van der Waals surface area contributed by atoms with Crippen molar-refractivity contribution in [2.75, 3.05) is 5.75 Å². The summed E-state index contributed by atoms with van der Waals surface area (Å²) >= 11 is 0. The van der Waals surface area contributed by atoms with Crippen LogP contribution in [-0.4, -0.2) is 24.5 Å². The van der Waals surface area contributed by atoms with E-state index in [-0.39, 0.29) is 17.5 Å². The van der Waals surface area contributed by atoms with E-state index >= 15 is 0 Å². The second-order valence-electron chi connectivity index (χ2n) is 5.58. The average molecular weight is 246 g/mol. The summed E-state index contributed by atoms with van der Waals surface area (Å²) in [6.45, 7) is 4.06. The van der Waals surface area contributed by atoms with Crippen LogP contribution in [0.1, 0.15) is 33.1 Å². The molecule has 0 aromatic rings. The van der Waals surface area contributed by atoms with E-state index in [0.29, 0.717) is 24.7 Å². The fraction of sp³-hybridized carbons (Fsp3) is 0.909. The Kier molecular flexibility index (Phi) is 2.66. The third kappa shape index (κ3) is 1.70. The molecule has 1 N–H and O–H groups in total. The number of Topliss-reactive ketones (excluding diaryl/α,β-unsaturated/α-hetero) is 1. The molecule has 0 heterocycles. The monoisotopic (exact) mass is 246 g/mol. The molecule has 4 nitrogen and oxygen atoms in total. The maximum atomic E-state index is 12.0. The highest BCUT2D eigenvalue weighted by Crippen LogP contribution is 2.59. The Balaban J connectivity index is 2.38. The van der Waals surface area contributed by atoms with Crippen molar-refractivity contribution < 1.29 is 17.8 Å². The van der Waals surface area contributed by atoms with Gasteiger partial charge in [0.1, 0.15) is 5.78 Å². The van der Waals surface area contributed by atoms with Crippen molar-refractivity contribution in [3.63, 3.8) is 0 Å². The molecule has 0 aromatic heterocycles. The minimum Gasteiger partial charge on any atom is -0.299 e. The van der Waals surface area contributed by atoms with E-state index in [9.17, 15) is 13.2 Å². The van der Waals surface area contributed by atoms with Crippen molar-refractivity contribution in [3.05, 3.63) is 0 Å². The van der Waals surface area contributed by atoms with E-state index in [4.69, 9.17) is 4.55 Å². The molecule has 16 heavy (non-hydrogen) atoms. The first kappa shape index (κ1) is 12.0. The van der Waals surface area contributed by atoms with Gasteiger partial charge in [0, 0.05) is 11.8 Å². The smallest absolute Gasteiger partial charge is 0.265 e. The third-order valence-electron chi connectivity index (χ3n) is 4.27. The van der Waals surface area contributed by atoms with E-state index in [1.54, 1.807) is 0 Å².